The molecule has 0 unspecified atom stereocenters. The van der Waals surface area contributed by atoms with Gasteiger partial charge in [-0.2, -0.15) is 5.26 Å². The number of hydrogen-bond donors (Lipinski definition) is 0. The molecule has 0 aliphatic carbocycles. The monoisotopic (exact) mass is 973 g/mol. The van der Waals surface area contributed by atoms with Crippen molar-refractivity contribution in [2.45, 2.75) is 41.5 Å². The van der Waals surface area contributed by atoms with Gasteiger partial charge < -0.3 is 9.13 Å². The maximum Gasteiger partial charge on any atom is 0.0991 e. The highest BCUT2D eigenvalue weighted by Gasteiger charge is 2.24. The first-order valence-electron chi connectivity index (χ1n) is 26.3. The third kappa shape index (κ3) is 8.07. The van der Waals surface area contributed by atoms with E-state index in [4.69, 9.17) is 0 Å². The van der Waals surface area contributed by atoms with E-state index in [0.717, 1.165) is 50.1 Å². The fraction of sp³-hybridized carbons (Fsp3) is 0.0822. The highest BCUT2D eigenvalue weighted by molar-refractivity contribution is 6.14. The van der Waals surface area contributed by atoms with Gasteiger partial charge in [0.25, 0.3) is 0 Å². The molecule has 3 heteroatoms. The van der Waals surface area contributed by atoms with Gasteiger partial charge in [0.2, 0.25) is 0 Å². The third-order valence-corrected chi connectivity index (χ3v) is 15.5. The van der Waals surface area contributed by atoms with Crippen molar-refractivity contribution in [1.82, 2.24) is 9.13 Å². The van der Waals surface area contributed by atoms with Crippen molar-refractivity contribution in [2.75, 3.05) is 0 Å². The molecule has 3 nitrogen and oxygen atoms in total. The number of rotatable bonds is 8. The largest absolute Gasteiger partial charge is 0.309 e. The van der Waals surface area contributed by atoms with Gasteiger partial charge in [-0.3, -0.25) is 0 Å². The standard InChI is InChI=1S/C73H55N3/c1-45-11-7-15-52(34-45)56-21-28-69-63(39-56)64-40-57(53-16-8-12-46(2)35-53)22-29-70(64)75(69)68-27-20-51(44-74)38-62(68)67-43-60(61-26-19-49(5)33-50(61)6)25-32-73(67)76-71-30-23-58(54-17-9-13-47(3)36-54)41-65(71)66-42-59(24-31-72(66)76)55-18-10-14-48(4)37-55/h7-43H,1-6H3. The van der Waals surface area contributed by atoms with Crippen molar-refractivity contribution in [3.05, 3.63) is 263 Å². The highest BCUT2D eigenvalue weighted by atomic mass is 15.0. The van der Waals surface area contributed by atoms with Crippen LogP contribution in [0.4, 0.5) is 0 Å². The molecule has 0 fully saturated rings. The summed E-state index contributed by atoms with van der Waals surface area (Å²) in [5, 5.41) is 15.5. The van der Waals surface area contributed by atoms with Crippen LogP contribution < -0.4 is 0 Å². The highest BCUT2D eigenvalue weighted by Crippen LogP contribution is 2.45. The number of nitriles is 1. The molecule has 362 valence electrons. The zero-order chi connectivity index (χ0) is 51.8. The molecule has 0 radical (unpaired) electrons. The molecular weight excluding hydrogens is 919 g/mol. The van der Waals surface area contributed by atoms with Crippen LogP contribution in [0.5, 0.6) is 0 Å². The van der Waals surface area contributed by atoms with Crippen LogP contribution in [0.2, 0.25) is 0 Å². The number of nitrogens with zero attached hydrogens (tertiary/aromatic N) is 3. The molecule has 0 atom stereocenters. The second-order valence-corrected chi connectivity index (χ2v) is 21.0. The van der Waals surface area contributed by atoms with Gasteiger partial charge in [0.15, 0.2) is 0 Å². The van der Waals surface area contributed by atoms with Crippen LogP contribution in [0.1, 0.15) is 38.9 Å². The molecule has 0 N–H and O–H groups in total. The Hall–Kier alpha value is -9.49. The molecule has 13 rings (SSSR count). The van der Waals surface area contributed by atoms with Crippen LogP contribution in [0.3, 0.4) is 0 Å². The second-order valence-electron chi connectivity index (χ2n) is 21.0. The number of hydrogen-bond acceptors (Lipinski definition) is 1. The molecule has 0 aliphatic heterocycles. The Kier molecular flexibility index (Phi) is 11.3. The Balaban J connectivity index is 1.12. The maximum absolute atomic E-state index is 10.8. The van der Waals surface area contributed by atoms with Gasteiger partial charge in [0.1, 0.15) is 0 Å². The zero-order valence-corrected chi connectivity index (χ0v) is 43.7. The molecule has 2 aromatic heterocycles. The smallest absolute Gasteiger partial charge is 0.0991 e. The van der Waals surface area contributed by atoms with Crippen molar-refractivity contribution >= 4 is 43.6 Å². The summed E-state index contributed by atoms with van der Waals surface area (Å²) in [4.78, 5) is 0. The summed E-state index contributed by atoms with van der Waals surface area (Å²) in [7, 11) is 0. The van der Waals surface area contributed by atoms with E-state index in [-0.39, 0.29) is 0 Å². The number of aryl methyl sites for hydroxylation is 6. The minimum atomic E-state index is 0.596. The average molecular weight is 974 g/mol. The van der Waals surface area contributed by atoms with E-state index in [1.165, 1.54) is 105 Å². The van der Waals surface area contributed by atoms with Crippen LogP contribution in [0.25, 0.3) is 122 Å². The third-order valence-electron chi connectivity index (χ3n) is 15.5. The van der Waals surface area contributed by atoms with Crippen molar-refractivity contribution in [2.24, 2.45) is 0 Å². The lowest BCUT2D eigenvalue weighted by Crippen LogP contribution is -2.03. The average Bonchev–Trinajstić information content (AvgIpc) is 3.97. The van der Waals surface area contributed by atoms with Crippen LogP contribution >= 0.6 is 0 Å². The summed E-state index contributed by atoms with van der Waals surface area (Å²) >= 11 is 0. The van der Waals surface area contributed by atoms with E-state index in [1.54, 1.807) is 0 Å². The minimum absolute atomic E-state index is 0.596. The van der Waals surface area contributed by atoms with E-state index in [1.807, 2.05) is 6.07 Å². The lowest BCUT2D eigenvalue weighted by Gasteiger charge is -2.20. The van der Waals surface area contributed by atoms with E-state index in [0.29, 0.717) is 5.56 Å². The molecule has 0 aliphatic rings. The van der Waals surface area contributed by atoms with Crippen LogP contribution in [0.15, 0.2) is 224 Å². The minimum Gasteiger partial charge on any atom is -0.309 e. The summed E-state index contributed by atoms with van der Waals surface area (Å²) in [5.41, 5.74) is 28.1. The lowest BCUT2D eigenvalue weighted by atomic mass is 9.92. The van der Waals surface area contributed by atoms with Gasteiger partial charge in [-0.05, 0) is 182 Å². The predicted molar refractivity (Wildman–Crippen MR) is 321 cm³/mol. The Morgan fingerprint density at radius 2 is 0.618 bits per heavy atom. The van der Waals surface area contributed by atoms with Gasteiger partial charge in [-0.15, -0.1) is 0 Å². The SMILES string of the molecule is Cc1cccc(-c2ccc3c(c2)c2cc(-c4cccc(C)c4)ccc2n3-c2ccc(C#N)cc2-c2cc(-c3ccc(C)cc3C)ccc2-n2c3ccc(-c4cccc(C)c4)cc3c3cc(-c4cccc(C)c4)ccc32)c1. The van der Waals surface area contributed by atoms with Gasteiger partial charge in [-0.25, -0.2) is 0 Å². The molecular formula is C73H55N3. The number of aromatic nitrogens is 2. The number of benzene rings is 11. The van der Waals surface area contributed by atoms with E-state index >= 15 is 0 Å². The molecule has 0 saturated heterocycles. The summed E-state index contributed by atoms with van der Waals surface area (Å²) in [5.74, 6) is 0. The van der Waals surface area contributed by atoms with E-state index in [2.05, 4.69) is 275 Å². The van der Waals surface area contributed by atoms with Gasteiger partial charge in [0.05, 0.1) is 45.1 Å². The topological polar surface area (TPSA) is 33.6 Å². The maximum atomic E-state index is 10.8. The van der Waals surface area contributed by atoms with Crippen molar-refractivity contribution in [1.29, 1.82) is 5.26 Å². The molecule has 11 aromatic carbocycles. The quantitative estimate of drug-likeness (QED) is 0.149. The molecule has 2 heterocycles. The predicted octanol–water partition coefficient (Wildman–Crippen LogP) is 19.6. The molecule has 0 saturated carbocycles. The fourth-order valence-corrected chi connectivity index (χ4v) is 11.9. The lowest BCUT2D eigenvalue weighted by molar-refractivity contribution is 1.16. The van der Waals surface area contributed by atoms with Crippen molar-refractivity contribution in [3.8, 4) is 84.2 Å². The van der Waals surface area contributed by atoms with Crippen LogP contribution in [0, 0.1) is 52.9 Å². The van der Waals surface area contributed by atoms with Crippen molar-refractivity contribution < 1.29 is 0 Å². The summed E-state index contributed by atoms with van der Waals surface area (Å²) in [6.45, 7) is 13.0. The fourth-order valence-electron chi connectivity index (χ4n) is 11.9. The van der Waals surface area contributed by atoms with E-state index < -0.39 is 0 Å². The van der Waals surface area contributed by atoms with Crippen LogP contribution in [-0.4, -0.2) is 9.13 Å². The van der Waals surface area contributed by atoms with Gasteiger partial charge >= 0.3 is 0 Å². The molecule has 13 aromatic rings. The summed E-state index contributed by atoms with van der Waals surface area (Å²) < 4.78 is 4.89. The second kappa shape index (κ2) is 18.5. The molecule has 0 bridgehead atoms. The number of fused-ring (bicyclic) bond motifs is 6. The first-order chi connectivity index (χ1) is 37.0. The zero-order valence-electron chi connectivity index (χ0n) is 43.7. The molecule has 76 heavy (non-hydrogen) atoms. The molecule has 0 amide bonds. The molecule has 0 spiro atoms. The summed E-state index contributed by atoms with van der Waals surface area (Å²) in [6, 6.07) is 85.3. The van der Waals surface area contributed by atoms with Gasteiger partial charge in [-0.1, -0.05) is 173 Å². The van der Waals surface area contributed by atoms with Crippen LogP contribution in [-0.2, 0) is 0 Å². The normalized spacial score (nSPS) is 11.5. The Bertz CT molecular complexity index is 4340. The Morgan fingerprint density at radius 3 is 0.987 bits per heavy atom. The summed E-state index contributed by atoms with van der Waals surface area (Å²) in [6.07, 6.45) is 0. The first kappa shape index (κ1) is 46.3. The Morgan fingerprint density at radius 1 is 0.276 bits per heavy atom. The van der Waals surface area contributed by atoms with Crippen molar-refractivity contribution in [3.63, 3.8) is 0 Å². The Labute approximate surface area is 444 Å². The first-order valence-corrected chi connectivity index (χ1v) is 26.3. The van der Waals surface area contributed by atoms with Gasteiger partial charge in [0, 0.05) is 32.7 Å². The van der Waals surface area contributed by atoms with E-state index in [9.17, 15) is 5.26 Å².